The van der Waals surface area contributed by atoms with E-state index in [-0.39, 0.29) is 35.5 Å². The molecule has 0 radical (unpaired) electrons. The Morgan fingerprint density at radius 2 is 1.59 bits per heavy atom. The maximum Gasteiger partial charge on any atom is 0.270 e. The van der Waals surface area contributed by atoms with Gasteiger partial charge in [0, 0.05) is 10.0 Å². The summed E-state index contributed by atoms with van der Waals surface area (Å²) in [6.07, 6.45) is 4.93. The van der Waals surface area contributed by atoms with E-state index in [0.29, 0.717) is 5.56 Å². The topological polar surface area (TPSA) is 66.5 Å². The van der Waals surface area contributed by atoms with E-state index in [1.807, 2.05) is 12.2 Å². The molecule has 0 unspecified atom stereocenters. The van der Waals surface area contributed by atoms with E-state index in [0.717, 1.165) is 15.9 Å². The molecule has 2 aliphatic carbocycles. The molecular formula is C16H13BrN2O3. The summed E-state index contributed by atoms with van der Waals surface area (Å²) in [5.74, 6) is -1.33. The number of carbonyl (C=O) groups excluding carboxylic acids is 3. The highest BCUT2D eigenvalue weighted by Crippen LogP contribution is 2.52. The first kappa shape index (κ1) is 13.7. The Balaban J connectivity index is 1.54. The van der Waals surface area contributed by atoms with Crippen LogP contribution in [0.25, 0.3) is 0 Å². The largest absolute Gasteiger partial charge is 0.272 e. The number of rotatable bonds is 2. The molecule has 22 heavy (non-hydrogen) atoms. The number of hydrogen-bond donors (Lipinski definition) is 1. The minimum atomic E-state index is -0.450. The molecular weight excluding hydrogens is 348 g/mol. The maximum absolute atomic E-state index is 12.5. The molecule has 0 spiro atoms. The molecule has 4 rings (SSSR count). The van der Waals surface area contributed by atoms with Crippen molar-refractivity contribution in [2.24, 2.45) is 23.7 Å². The number of amides is 3. The molecule has 112 valence electrons. The lowest BCUT2D eigenvalue weighted by Gasteiger charge is -2.18. The lowest BCUT2D eigenvalue weighted by molar-refractivity contribution is -0.143. The molecule has 1 aliphatic heterocycles. The summed E-state index contributed by atoms with van der Waals surface area (Å²) < 4.78 is 0.856. The Hall–Kier alpha value is -1.95. The number of allylic oxidation sites excluding steroid dienone is 2. The highest BCUT2D eigenvalue weighted by Gasteiger charge is 2.59. The van der Waals surface area contributed by atoms with E-state index in [2.05, 4.69) is 21.4 Å². The molecule has 3 aliphatic rings. The highest BCUT2D eigenvalue weighted by atomic mass is 79.9. The number of nitrogens with one attached hydrogen (secondary N) is 1. The van der Waals surface area contributed by atoms with Crippen molar-refractivity contribution in [2.75, 3.05) is 0 Å². The molecule has 1 saturated carbocycles. The van der Waals surface area contributed by atoms with Crippen LogP contribution in [0.3, 0.4) is 0 Å². The Morgan fingerprint density at radius 3 is 2.14 bits per heavy atom. The van der Waals surface area contributed by atoms with E-state index < -0.39 is 5.91 Å². The van der Waals surface area contributed by atoms with Crippen molar-refractivity contribution in [3.63, 3.8) is 0 Å². The average molecular weight is 361 g/mol. The van der Waals surface area contributed by atoms with Crippen LogP contribution in [0.5, 0.6) is 0 Å². The van der Waals surface area contributed by atoms with E-state index in [9.17, 15) is 14.4 Å². The van der Waals surface area contributed by atoms with Gasteiger partial charge in [0.25, 0.3) is 17.7 Å². The second-order valence-electron chi connectivity index (χ2n) is 5.96. The molecule has 2 bridgehead atoms. The van der Waals surface area contributed by atoms with Crippen LogP contribution in [-0.4, -0.2) is 22.7 Å². The number of hydrogen-bond acceptors (Lipinski definition) is 3. The van der Waals surface area contributed by atoms with Crippen molar-refractivity contribution in [2.45, 2.75) is 6.42 Å². The van der Waals surface area contributed by atoms with Gasteiger partial charge in [-0.15, -0.1) is 0 Å². The number of imide groups is 1. The second-order valence-corrected chi connectivity index (χ2v) is 6.88. The summed E-state index contributed by atoms with van der Waals surface area (Å²) in [7, 11) is 0. The predicted molar refractivity (Wildman–Crippen MR) is 81.2 cm³/mol. The number of benzene rings is 1. The lowest BCUT2D eigenvalue weighted by atomic mass is 9.85. The third-order valence-corrected chi connectivity index (χ3v) is 5.32. The number of halogens is 1. The van der Waals surface area contributed by atoms with Crippen LogP contribution in [0.1, 0.15) is 16.8 Å². The van der Waals surface area contributed by atoms with Gasteiger partial charge in [-0.3, -0.25) is 19.8 Å². The van der Waals surface area contributed by atoms with Crippen LogP contribution in [0.2, 0.25) is 0 Å². The molecule has 1 heterocycles. The molecule has 1 aromatic carbocycles. The second kappa shape index (κ2) is 4.78. The summed E-state index contributed by atoms with van der Waals surface area (Å²) >= 11 is 3.30. The van der Waals surface area contributed by atoms with E-state index in [4.69, 9.17) is 0 Å². The van der Waals surface area contributed by atoms with Crippen molar-refractivity contribution in [1.29, 1.82) is 0 Å². The van der Waals surface area contributed by atoms with Crippen LogP contribution in [0.15, 0.2) is 40.9 Å². The SMILES string of the molecule is O=C(NN1C(=O)[C@H]2[C@H](C1=O)[C@H]1C=C[C@H]2C1)c1ccc(Br)cc1. The molecule has 4 atom stereocenters. The zero-order valence-electron chi connectivity index (χ0n) is 11.5. The fraction of sp³-hybridized carbons (Fsp3) is 0.312. The van der Waals surface area contributed by atoms with Crippen LogP contribution in [-0.2, 0) is 9.59 Å². The Labute approximate surface area is 135 Å². The molecule has 1 aromatic rings. The van der Waals surface area contributed by atoms with Crippen LogP contribution < -0.4 is 5.43 Å². The Kier molecular flexibility index (Phi) is 2.97. The fourth-order valence-corrected chi connectivity index (χ4v) is 4.04. The predicted octanol–water partition coefficient (Wildman–Crippen LogP) is 1.90. The fourth-order valence-electron chi connectivity index (χ4n) is 3.78. The van der Waals surface area contributed by atoms with Gasteiger partial charge in [0.15, 0.2) is 0 Å². The normalized spacial score (nSPS) is 31.8. The number of nitrogens with zero attached hydrogens (tertiary/aromatic N) is 1. The molecule has 5 nitrogen and oxygen atoms in total. The van der Waals surface area contributed by atoms with Gasteiger partial charge in [-0.05, 0) is 42.5 Å². The molecule has 3 amide bonds. The van der Waals surface area contributed by atoms with Gasteiger partial charge in [-0.25, -0.2) is 0 Å². The third kappa shape index (κ3) is 1.86. The Morgan fingerprint density at radius 1 is 1.05 bits per heavy atom. The van der Waals surface area contributed by atoms with Gasteiger partial charge in [0.2, 0.25) is 0 Å². The van der Waals surface area contributed by atoms with Crippen molar-refractivity contribution in [3.05, 3.63) is 46.5 Å². The Bertz CT molecular complexity index is 683. The quantitative estimate of drug-likeness (QED) is 0.646. The number of hydrazine groups is 1. The standard InChI is InChI=1S/C16H13BrN2O3/c17-11-5-3-8(4-6-11)14(20)18-19-15(21)12-9-1-2-10(7-9)13(12)16(19)22/h1-6,9-10,12-13H,7H2,(H,18,20)/t9-,10-,12+,13+/m0/s1. The smallest absolute Gasteiger partial charge is 0.270 e. The van der Waals surface area contributed by atoms with Gasteiger partial charge < -0.3 is 0 Å². The minimum absolute atomic E-state index is 0.140. The first-order valence-electron chi connectivity index (χ1n) is 7.19. The van der Waals surface area contributed by atoms with Gasteiger partial charge >= 0.3 is 0 Å². The average Bonchev–Trinajstić information content (AvgIpc) is 3.17. The zero-order valence-corrected chi connectivity index (χ0v) is 13.1. The van der Waals surface area contributed by atoms with Crippen LogP contribution >= 0.6 is 15.9 Å². The number of fused-ring (bicyclic) bond motifs is 5. The first-order valence-corrected chi connectivity index (χ1v) is 7.98. The van der Waals surface area contributed by atoms with Crippen LogP contribution in [0, 0.1) is 23.7 Å². The van der Waals surface area contributed by atoms with Gasteiger partial charge in [0.05, 0.1) is 11.8 Å². The van der Waals surface area contributed by atoms with E-state index in [1.54, 1.807) is 24.3 Å². The summed E-state index contributed by atoms with van der Waals surface area (Å²) in [6, 6.07) is 6.75. The molecule has 2 fully saturated rings. The first-order chi connectivity index (χ1) is 10.6. The van der Waals surface area contributed by atoms with Crippen molar-refractivity contribution < 1.29 is 14.4 Å². The lowest BCUT2D eigenvalue weighted by Crippen LogP contribution is -2.47. The highest BCUT2D eigenvalue weighted by molar-refractivity contribution is 9.10. The summed E-state index contributed by atoms with van der Waals surface area (Å²) in [5, 5.41) is 0.922. The summed E-state index contributed by atoms with van der Waals surface area (Å²) in [6.45, 7) is 0. The monoisotopic (exact) mass is 360 g/mol. The molecule has 1 N–H and O–H groups in total. The van der Waals surface area contributed by atoms with E-state index >= 15 is 0 Å². The summed E-state index contributed by atoms with van der Waals surface area (Å²) in [5.41, 5.74) is 2.87. The minimum Gasteiger partial charge on any atom is -0.272 e. The number of carbonyl (C=O) groups is 3. The van der Waals surface area contributed by atoms with Gasteiger partial charge in [0.1, 0.15) is 0 Å². The van der Waals surface area contributed by atoms with Gasteiger partial charge in [-0.1, -0.05) is 28.1 Å². The maximum atomic E-state index is 12.5. The molecule has 1 saturated heterocycles. The summed E-state index contributed by atoms with van der Waals surface area (Å²) in [4.78, 5) is 37.1. The van der Waals surface area contributed by atoms with Gasteiger partial charge in [-0.2, -0.15) is 5.01 Å². The molecule has 6 heteroatoms. The van der Waals surface area contributed by atoms with Crippen molar-refractivity contribution in [3.8, 4) is 0 Å². The zero-order chi connectivity index (χ0) is 15.4. The van der Waals surface area contributed by atoms with Crippen molar-refractivity contribution >= 4 is 33.7 Å². The van der Waals surface area contributed by atoms with Crippen LogP contribution in [0.4, 0.5) is 0 Å². The van der Waals surface area contributed by atoms with Crippen molar-refractivity contribution in [1.82, 2.24) is 10.4 Å². The molecule has 0 aromatic heterocycles. The van der Waals surface area contributed by atoms with E-state index in [1.165, 1.54) is 0 Å². The third-order valence-electron chi connectivity index (χ3n) is 4.79.